The molecule has 2 saturated carbocycles. The Kier molecular flexibility index (Phi) is 4.83. The molecular weight excluding hydrogens is 358 g/mol. The van der Waals surface area contributed by atoms with Gasteiger partial charge in [0.1, 0.15) is 0 Å². The Labute approximate surface area is 157 Å². The summed E-state index contributed by atoms with van der Waals surface area (Å²) in [7, 11) is 0. The normalized spacial score (nSPS) is 31.2. The van der Waals surface area contributed by atoms with E-state index in [-0.39, 0.29) is 11.8 Å². The number of carbonyl (C=O) groups is 1. The lowest BCUT2D eigenvalue weighted by molar-refractivity contribution is -0.122. The molecule has 1 saturated heterocycles. The molecule has 1 heterocycles. The summed E-state index contributed by atoms with van der Waals surface area (Å²) < 4.78 is 0.432. The SMILES string of the molecule is Cc1ccc(Cl)cc1NC(=O)C1C[C@H]2CCC[C@H](C1)C21SCCS1. The predicted octanol–water partition coefficient (Wildman–Crippen LogP) is 5.59. The first-order chi connectivity index (χ1) is 11.6. The zero-order valence-electron chi connectivity index (χ0n) is 14.0. The topological polar surface area (TPSA) is 29.1 Å². The second-order valence-corrected chi connectivity index (χ2v) is 10.8. The molecule has 0 unspecified atom stereocenters. The van der Waals surface area contributed by atoms with E-state index in [4.69, 9.17) is 11.6 Å². The number of rotatable bonds is 2. The molecule has 1 amide bonds. The number of hydrogen-bond donors (Lipinski definition) is 1. The average molecular weight is 382 g/mol. The smallest absolute Gasteiger partial charge is 0.227 e. The zero-order chi connectivity index (χ0) is 16.7. The van der Waals surface area contributed by atoms with E-state index in [0.717, 1.165) is 24.1 Å². The summed E-state index contributed by atoms with van der Waals surface area (Å²) in [6.45, 7) is 2.02. The minimum atomic E-state index is 0.158. The van der Waals surface area contributed by atoms with Crippen molar-refractivity contribution in [2.45, 2.75) is 43.1 Å². The quantitative estimate of drug-likeness (QED) is 0.723. The number of hydrogen-bond acceptors (Lipinski definition) is 3. The van der Waals surface area contributed by atoms with Gasteiger partial charge in [-0.3, -0.25) is 4.79 Å². The van der Waals surface area contributed by atoms with E-state index < -0.39 is 0 Å². The van der Waals surface area contributed by atoms with Crippen molar-refractivity contribution < 1.29 is 4.79 Å². The third-order valence-electron chi connectivity index (χ3n) is 5.95. The van der Waals surface area contributed by atoms with Crippen LogP contribution in [0.15, 0.2) is 18.2 Å². The maximum Gasteiger partial charge on any atom is 0.227 e. The second kappa shape index (κ2) is 6.77. The molecule has 2 bridgehead atoms. The third-order valence-corrected chi connectivity index (χ3v) is 10.2. The molecule has 5 heteroatoms. The molecule has 3 aliphatic rings. The first-order valence-corrected chi connectivity index (χ1v) is 11.3. The Hall–Kier alpha value is -0.320. The fraction of sp³-hybridized carbons (Fsp3) is 0.632. The third kappa shape index (κ3) is 2.99. The molecule has 1 N–H and O–H groups in total. The highest BCUT2D eigenvalue weighted by Crippen LogP contribution is 2.64. The van der Waals surface area contributed by atoms with Crippen molar-refractivity contribution in [3.8, 4) is 0 Å². The predicted molar refractivity (Wildman–Crippen MR) is 106 cm³/mol. The van der Waals surface area contributed by atoms with Crippen LogP contribution in [0.5, 0.6) is 0 Å². The lowest BCUT2D eigenvalue weighted by Crippen LogP contribution is -2.48. The van der Waals surface area contributed by atoms with Crippen molar-refractivity contribution in [1.82, 2.24) is 0 Å². The highest BCUT2D eigenvalue weighted by Gasteiger charge is 2.55. The Morgan fingerprint density at radius 2 is 1.88 bits per heavy atom. The maximum absolute atomic E-state index is 12.9. The summed E-state index contributed by atoms with van der Waals surface area (Å²) >= 11 is 10.5. The molecule has 1 aliphatic heterocycles. The van der Waals surface area contributed by atoms with Crippen molar-refractivity contribution in [2.24, 2.45) is 17.8 Å². The Morgan fingerprint density at radius 1 is 1.21 bits per heavy atom. The number of nitrogens with one attached hydrogen (secondary N) is 1. The van der Waals surface area contributed by atoms with E-state index in [2.05, 4.69) is 28.8 Å². The van der Waals surface area contributed by atoms with Crippen LogP contribution in [-0.2, 0) is 4.79 Å². The molecule has 1 aromatic carbocycles. The lowest BCUT2D eigenvalue weighted by atomic mass is 9.67. The second-order valence-electron chi connectivity index (χ2n) is 7.36. The van der Waals surface area contributed by atoms with Crippen LogP contribution in [-0.4, -0.2) is 21.5 Å². The highest BCUT2D eigenvalue weighted by molar-refractivity contribution is 8.21. The van der Waals surface area contributed by atoms with E-state index in [1.165, 1.54) is 30.8 Å². The van der Waals surface area contributed by atoms with Crippen LogP contribution in [0, 0.1) is 24.7 Å². The number of carbonyl (C=O) groups excluding carboxylic acids is 1. The van der Waals surface area contributed by atoms with Gasteiger partial charge in [0.05, 0.1) is 4.08 Å². The summed E-state index contributed by atoms with van der Waals surface area (Å²) in [5.41, 5.74) is 1.93. The summed E-state index contributed by atoms with van der Waals surface area (Å²) in [6, 6.07) is 5.70. The Morgan fingerprint density at radius 3 is 2.54 bits per heavy atom. The molecule has 130 valence electrons. The number of aryl methyl sites for hydroxylation is 1. The van der Waals surface area contributed by atoms with Gasteiger partial charge in [-0.05, 0) is 62.1 Å². The molecular formula is C19H24ClNOS2. The molecule has 2 aliphatic carbocycles. The first kappa shape index (κ1) is 17.1. The number of thioether (sulfide) groups is 2. The summed E-state index contributed by atoms with van der Waals surface area (Å²) in [6.07, 6.45) is 6.07. The van der Waals surface area contributed by atoms with Crippen LogP contribution in [0.4, 0.5) is 5.69 Å². The van der Waals surface area contributed by atoms with Gasteiger partial charge >= 0.3 is 0 Å². The fourth-order valence-electron chi connectivity index (χ4n) is 4.79. The maximum atomic E-state index is 12.9. The van der Waals surface area contributed by atoms with Gasteiger partial charge in [0.2, 0.25) is 5.91 Å². The van der Waals surface area contributed by atoms with Gasteiger partial charge in [0.15, 0.2) is 0 Å². The van der Waals surface area contributed by atoms with Crippen molar-refractivity contribution in [1.29, 1.82) is 0 Å². The van der Waals surface area contributed by atoms with Gasteiger partial charge in [-0.1, -0.05) is 24.1 Å². The molecule has 0 radical (unpaired) electrons. The van der Waals surface area contributed by atoms with Gasteiger partial charge in [-0.15, -0.1) is 23.5 Å². The van der Waals surface area contributed by atoms with Crippen LogP contribution in [0.3, 0.4) is 0 Å². The van der Waals surface area contributed by atoms with Crippen LogP contribution in [0.2, 0.25) is 5.02 Å². The van der Waals surface area contributed by atoms with E-state index in [1.807, 2.05) is 25.1 Å². The number of halogens is 1. The molecule has 24 heavy (non-hydrogen) atoms. The number of amides is 1. The molecule has 1 spiro atoms. The number of anilines is 1. The van der Waals surface area contributed by atoms with Crippen molar-refractivity contribution in [2.75, 3.05) is 16.8 Å². The van der Waals surface area contributed by atoms with Crippen LogP contribution < -0.4 is 5.32 Å². The van der Waals surface area contributed by atoms with Crippen LogP contribution >= 0.6 is 35.1 Å². The zero-order valence-corrected chi connectivity index (χ0v) is 16.4. The summed E-state index contributed by atoms with van der Waals surface area (Å²) in [5.74, 6) is 4.34. The van der Waals surface area contributed by atoms with E-state index >= 15 is 0 Å². The van der Waals surface area contributed by atoms with Gasteiger partial charge in [0, 0.05) is 28.1 Å². The lowest BCUT2D eigenvalue weighted by Gasteiger charge is -2.52. The van der Waals surface area contributed by atoms with E-state index in [1.54, 1.807) is 0 Å². The van der Waals surface area contributed by atoms with Crippen LogP contribution in [0.1, 0.15) is 37.7 Å². The molecule has 4 rings (SSSR count). The standard InChI is InChI=1S/C19H24ClNOS2/c1-12-5-6-16(20)11-17(12)21-18(22)13-9-14-3-2-4-15(10-13)19(14)23-7-8-24-19/h5-6,11,13-15H,2-4,7-10H2,1H3,(H,21,22)/t14-,15-/m1/s1. The fourth-order valence-corrected chi connectivity index (χ4v) is 8.90. The molecule has 2 nitrogen and oxygen atoms in total. The molecule has 1 aromatic rings. The van der Waals surface area contributed by atoms with E-state index in [9.17, 15) is 4.79 Å². The number of benzene rings is 1. The van der Waals surface area contributed by atoms with Crippen LogP contribution in [0.25, 0.3) is 0 Å². The van der Waals surface area contributed by atoms with Crippen molar-refractivity contribution in [3.63, 3.8) is 0 Å². The molecule has 3 fully saturated rings. The molecule has 0 aromatic heterocycles. The van der Waals surface area contributed by atoms with Gasteiger partial charge in [-0.25, -0.2) is 0 Å². The van der Waals surface area contributed by atoms with Gasteiger partial charge in [-0.2, -0.15) is 0 Å². The van der Waals surface area contributed by atoms with Gasteiger partial charge < -0.3 is 5.32 Å². The van der Waals surface area contributed by atoms with E-state index in [0.29, 0.717) is 20.9 Å². The minimum absolute atomic E-state index is 0.158. The monoisotopic (exact) mass is 381 g/mol. The summed E-state index contributed by atoms with van der Waals surface area (Å²) in [4.78, 5) is 12.9. The largest absolute Gasteiger partial charge is 0.326 e. The van der Waals surface area contributed by atoms with Crippen molar-refractivity contribution >= 4 is 46.7 Å². The van der Waals surface area contributed by atoms with Gasteiger partial charge in [0.25, 0.3) is 0 Å². The Balaban J connectivity index is 1.50. The van der Waals surface area contributed by atoms with Crippen molar-refractivity contribution in [3.05, 3.63) is 28.8 Å². The summed E-state index contributed by atoms with van der Waals surface area (Å²) in [5, 5.41) is 3.83. The highest BCUT2D eigenvalue weighted by atomic mass is 35.5. The Bertz CT molecular complexity index is 628. The first-order valence-electron chi connectivity index (χ1n) is 8.93. The minimum Gasteiger partial charge on any atom is -0.326 e. The molecule has 2 atom stereocenters. The average Bonchev–Trinajstić information content (AvgIpc) is 3.00.